The summed E-state index contributed by atoms with van der Waals surface area (Å²) in [4.78, 5) is 14.0. The Kier molecular flexibility index (Phi) is 5.68. The van der Waals surface area contributed by atoms with Crippen molar-refractivity contribution < 1.29 is 18.0 Å². The molecule has 0 spiro atoms. The van der Waals surface area contributed by atoms with Gasteiger partial charge in [-0.2, -0.15) is 13.2 Å². The Bertz CT molecular complexity index is 543. The van der Waals surface area contributed by atoms with Crippen LogP contribution < -0.4 is 5.32 Å². The second kappa shape index (κ2) is 7.34. The topological polar surface area (TPSA) is 32.3 Å². The summed E-state index contributed by atoms with van der Waals surface area (Å²) in [5.74, 6) is 0.257. The molecular weight excluding hydrogens is 305 g/mol. The molecule has 1 atom stereocenters. The molecule has 2 rings (SSSR count). The van der Waals surface area contributed by atoms with Gasteiger partial charge in [-0.25, -0.2) is 0 Å². The van der Waals surface area contributed by atoms with Gasteiger partial charge < -0.3 is 5.32 Å². The van der Waals surface area contributed by atoms with E-state index in [4.69, 9.17) is 0 Å². The zero-order chi connectivity index (χ0) is 17.0. The number of nitrogens with one attached hydrogen (secondary N) is 1. The lowest BCUT2D eigenvalue weighted by Gasteiger charge is -2.19. The highest BCUT2D eigenvalue weighted by Gasteiger charge is 2.34. The summed E-state index contributed by atoms with van der Waals surface area (Å²) in [5.41, 5.74) is -0.323. The quantitative estimate of drug-likeness (QED) is 0.899. The summed E-state index contributed by atoms with van der Waals surface area (Å²) in [7, 11) is 0. The van der Waals surface area contributed by atoms with Crippen LogP contribution in [0.25, 0.3) is 0 Å². The van der Waals surface area contributed by atoms with Crippen LogP contribution in [-0.4, -0.2) is 30.4 Å². The number of nitrogens with zero attached hydrogens (tertiary/aromatic N) is 1. The highest BCUT2D eigenvalue weighted by molar-refractivity contribution is 5.79. The fourth-order valence-corrected chi connectivity index (χ4v) is 2.81. The molecule has 0 aliphatic carbocycles. The molecule has 0 bridgehead atoms. The van der Waals surface area contributed by atoms with Crippen molar-refractivity contribution in [2.75, 3.05) is 19.6 Å². The summed E-state index contributed by atoms with van der Waals surface area (Å²) >= 11 is 0. The van der Waals surface area contributed by atoms with Crippen molar-refractivity contribution in [1.82, 2.24) is 10.2 Å². The molecule has 23 heavy (non-hydrogen) atoms. The normalized spacial score (nSPS) is 19.3. The van der Waals surface area contributed by atoms with Crippen molar-refractivity contribution in [3.63, 3.8) is 0 Å². The van der Waals surface area contributed by atoms with Crippen molar-refractivity contribution in [2.45, 2.75) is 33.0 Å². The number of alkyl halides is 3. The van der Waals surface area contributed by atoms with Gasteiger partial charge in [-0.05, 0) is 30.5 Å². The lowest BCUT2D eigenvalue weighted by molar-refractivity contribution is -0.138. The van der Waals surface area contributed by atoms with Gasteiger partial charge in [-0.15, -0.1) is 0 Å². The van der Waals surface area contributed by atoms with Gasteiger partial charge in [0.15, 0.2) is 0 Å². The minimum Gasteiger partial charge on any atom is -0.356 e. The Morgan fingerprint density at radius 1 is 1.35 bits per heavy atom. The Hall–Kier alpha value is -1.56. The number of halogens is 3. The third kappa shape index (κ3) is 4.96. The third-order valence-electron chi connectivity index (χ3n) is 4.04. The Morgan fingerprint density at radius 3 is 2.70 bits per heavy atom. The monoisotopic (exact) mass is 328 g/mol. The molecule has 1 saturated heterocycles. The smallest absolute Gasteiger partial charge is 0.356 e. The predicted octanol–water partition coefficient (Wildman–Crippen LogP) is 3.30. The molecule has 1 fully saturated rings. The minimum absolute atomic E-state index is 0.00491. The van der Waals surface area contributed by atoms with Gasteiger partial charge in [0.05, 0.1) is 11.5 Å². The molecule has 1 aliphatic heterocycles. The van der Waals surface area contributed by atoms with E-state index in [0.29, 0.717) is 32.0 Å². The molecule has 128 valence electrons. The first-order valence-corrected chi connectivity index (χ1v) is 7.92. The molecule has 1 amide bonds. The van der Waals surface area contributed by atoms with Crippen LogP contribution in [0, 0.1) is 11.8 Å². The maximum Gasteiger partial charge on any atom is 0.416 e. The van der Waals surface area contributed by atoms with E-state index >= 15 is 0 Å². The molecule has 0 aromatic heterocycles. The lowest BCUT2D eigenvalue weighted by atomic mass is 10.1. The zero-order valence-electron chi connectivity index (χ0n) is 13.5. The van der Waals surface area contributed by atoms with Crippen molar-refractivity contribution in [3.05, 3.63) is 35.4 Å². The second-order valence-corrected chi connectivity index (χ2v) is 6.51. The van der Waals surface area contributed by atoms with Crippen molar-refractivity contribution >= 4 is 5.91 Å². The fourth-order valence-electron chi connectivity index (χ4n) is 2.81. The number of amides is 1. The molecule has 0 saturated carbocycles. The number of hydrogen-bond acceptors (Lipinski definition) is 2. The van der Waals surface area contributed by atoms with Gasteiger partial charge in [0.25, 0.3) is 0 Å². The number of carbonyl (C=O) groups excluding carboxylic acids is 1. The van der Waals surface area contributed by atoms with Crippen molar-refractivity contribution in [2.24, 2.45) is 11.8 Å². The summed E-state index contributed by atoms with van der Waals surface area (Å²) in [6, 6.07) is 5.64. The summed E-state index contributed by atoms with van der Waals surface area (Å²) in [6.45, 7) is 6.06. The van der Waals surface area contributed by atoms with E-state index in [0.717, 1.165) is 6.07 Å². The maximum atomic E-state index is 13.0. The van der Waals surface area contributed by atoms with E-state index in [2.05, 4.69) is 5.32 Å². The summed E-state index contributed by atoms with van der Waals surface area (Å²) in [5, 5.41) is 2.90. The number of hydrogen-bond donors (Lipinski definition) is 1. The average molecular weight is 328 g/mol. The number of carbonyl (C=O) groups is 1. The molecule has 1 aliphatic rings. The van der Waals surface area contributed by atoms with Gasteiger partial charge in [-0.1, -0.05) is 32.0 Å². The minimum atomic E-state index is -4.34. The van der Waals surface area contributed by atoms with E-state index in [1.807, 2.05) is 18.7 Å². The summed E-state index contributed by atoms with van der Waals surface area (Å²) in [6.07, 6.45) is -3.65. The Morgan fingerprint density at radius 2 is 2.04 bits per heavy atom. The first kappa shape index (κ1) is 17.8. The predicted molar refractivity (Wildman–Crippen MR) is 82.7 cm³/mol. The van der Waals surface area contributed by atoms with Gasteiger partial charge in [0.2, 0.25) is 5.91 Å². The molecular formula is C17H23F3N2O. The van der Waals surface area contributed by atoms with Crippen LogP contribution in [0.4, 0.5) is 13.2 Å². The number of likely N-dealkylation sites (tertiary alicyclic amines) is 1. The highest BCUT2D eigenvalue weighted by atomic mass is 19.4. The Balaban J connectivity index is 1.95. The largest absolute Gasteiger partial charge is 0.416 e. The molecule has 0 radical (unpaired) electrons. The zero-order valence-corrected chi connectivity index (χ0v) is 13.5. The Labute approximate surface area is 134 Å². The van der Waals surface area contributed by atoms with Crippen LogP contribution in [0.15, 0.2) is 24.3 Å². The van der Waals surface area contributed by atoms with E-state index in [1.54, 1.807) is 6.07 Å². The molecule has 6 heteroatoms. The molecule has 1 unspecified atom stereocenters. The average Bonchev–Trinajstić information content (AvgIpc) is 2.92. The fraction of sp³-hybridized carbons (Fsp3) is 0.588. The van der Waals surface area contributed by atoms with E-state index in [1.165, 1.54) is 12.1 Å². The highest BCUT2D eigenvalue weighted by Crippen LogP contribution is 2.33. The van der Waals surface area contributed by atoms with Crippen molar-refractivity contribution in [1.29, 1.82) is 0 Å². The maximum absolute atomic E-state index is 13.0. The third-order valence-corrected chi connectivity index (χ3v) is 4.04. The molecule has 1 aromatic carbocycles. The van der Waals surface area contributed by atoms with Crippen LogP contribution in [-0.2, 0) is 17.5 Å². The molecule has 3 nitrogen and oxygen atoms in total. The van der Waals surface area contributed by atoms with Crippen LogP contribution in [0.2, 0.25) is 0 Å². The van der Waals surface area contributed by atoms with E-state index < -0.39 is 11.7 Å². The van der Waals surface area contributed by atoms with Crippen LogP contribution in [0.3, 0.4) is 0 Å². The van der Waals surface area contributed by atoms with E-state index in [9.17, 15) is 18.0 Å². The molecule has 1 N–H and O–H groups in total. The number of rotatable bonds is 5. The number of benzene rings is 1. The van der Waals surface area contributed by atoms with Gasteiger partial charge in [0, 0.05) is 19.6 Å². The van der Waals surface area contributed by atoms with Crippen LogP contribution in [0.5, 0.6) is 0 Å². The molecule has 1 heterocycles. The first-order valence-electron chi connectivity index (χ1n) is 7.92. The van der Waals surface area contributed by atoms with Crippen LogP contribution in [0.1, 0.15) is 31.4 Å². The SMILES string of the molecule is CC(C)CNC(=O)C1CCN(Cc2ccccc2C(F)(F)F)C1. The van der Waals surface area contributed by atoms with Gasteiger partial charge >= 0.3 is 6.18 Å². The lowest BCUT2D eigenvalue weighted by Crippen LogP contribution is -2.34. The second-order valence-electron chi connectivity index (χ2n) is 6.51. The van der Waals surface area contributed by atoms with Crippen molar-refractivity contribution in [3.8, 4) is 0 Å². The molecule has 1 aromatic rings. The first-order chi connectivity index (χ1) is 10.8. The standard InChI is InChI=1S/C17H23F3N2O/c1-12(2)9-21-16(23)14-7-8-22(11-14)10-13-5-3-4-6-15(13)17(18,19)20/h3-6,12,14H,7-11H2,1-2H3,(H,21,23). The van der Waals surface area contributed by atoms with Crippen LogP contribution >= 0.6 is 0 Å². The van der Waals surface area contributed by atoms with Gasteiger partial charge in [-0.3, -0.25) is 9.69 Å². The van der Waals surface area contributed by atoms with Gasteiger partial charge in [0.1, 0.15) is 0 Å². The summed E-state index contributed by atoms with van der Waals surface area (Å²) < 4.78 is 39.1. The van der Waals surface area contributed by atoms with E-state index in [-0.39, 0.29) is 23.9 Å².